The number of hydrogen-bond donors (Lipinski definition) is 0. The molecule has 2 aliphatic heterocycles. The summed E-state index contributed by atoms with van der Waals surface area (Å²) in [5.74, 6) is 1.07. The number of imidazole rings is 1. The Morgan fingerprint density at radius 2 is 2.12 bits per heavy atom. The maximum absolute atomic E-state index is 13.0. The summed E-state index contributed by atoms with van der Waals surface area (Å²) in [6.07, 6.45) is 5.52. The summed E-state index contributed by atoms with van der Waals surface area (Å²) in [6.45, 7) is 1.91. The van der Waals surface area contributed by atoms with Gasteiger partial charge < -0.3 is 9.47 Å². The maximum Gasteiger partial charge on any atom is 0.277 e. The number of nitrogens with zero attached hydrogens (tertiary/aromatic N) is 6. The summed E-state index contributed by atoms with van der Waals surface area (Å²) in [4.78, 5) is 10.4. The Morgan fingerprint density at radius 1 is 1.28 bits per heavy atom. The van der Waals surface area contributed by atoms with Crippen molar-refractivity contribution in [2.75, 3.05) is 24.5 Å². The molecular formula is C16H18N6O2S. The van der Waals surface area contributed by atoms with E-state index in [9.17, 15) is 8.42 Å². The predicted octanol–water partition coefficient (Wildman–Crippen LogP) is 0.586. The van der Waals surface area contributed by atoms with Crippen molar-refractivity contribution in [2.24, 2.45) is 13.0 Å². The number of aromatic nitrogens is 3. The van der Waals surface area contributed by atoms with E-state index in [2.05, 4.69) is 20.9 Å². The lowest BCUT2D eigenvalue weighted by Gasteiger charge is -2.24. The van der Waals surface area contributed by atoms with Crippen LogP contribution in [0.2, 0.25) is 0 Å². The molecule has 2 aromatic heterocycles. The van der Waals surface area contributed by atoms with Gasteiger partial charge in [0.2, 0.25) is 5.16 Å². The van der Waals surface area contributed by atoms with Gasteiger partial charge in [-0.2, -0.15) is 9.57 Å². The summed E-state index contributed by atoms with van der Waals surface area (Å²) in [5, 5.41) is 8.96. The molecule has 2 unspecified atom stereocenters. The van der Waals surface area contributed by atoms with Gasteiger partial charge in [0, 0.05) is 51.3 Å². The predicted molar refractivity (Wildman–Crippen MR) is 90.2 cm³/mol. The van der Waals surface area contributed by atoms with Crippen LogP contribution in [0.15, 0.2) is 35.9 Å². The molecule has 9 heteroatoms. The van der Waals surface area contributed by atoms with E-state index in [-0.39, 0.29) is 17.1 Å². The molecule has 25 heavy (non-hydrogen) atoms. The van der Waals surface area contributed by atoms with Crippen molar-refractivity contribution in [1.29, 1.82) is 5.26 Å². The Labute approximate surface area is 146 Å². The molecule has 2 aliphatic rings. The van der Waals surface area contributed by atoms with Crippen molar-refractivity contribution in [3.8, 4) is 6.07 Å². The van der Waals surface area contributed by atoms with E-state index in [1.54, 1.807) is 29.8 Å². The van der Waals surface area contributed by atoms with E-state index < -0.39 is 10.0 Å². The van der Waals surface area contributed by atoms with E-state index in [4.69, 9.17) is 5.26 Å². The fraction of sp³-hybridized carbons (Fsp3) is 0.438. The third-order valence-corrected chi connectivity index (χ3v) is 6.94. The van der Waals surface area contributed by atoms with Crippen molar-refractivity contribution < 1.29 is 8.42 Å². The summed E-state index contributed by atoms with van der Waals surface area (Å²) < 4.78 is 29.0. The van der Waals surface area contributed by atoms with Crippen LogP contribution in [0, 0.1) is 17.2 Å². The van der Waals surface area contributed by atoms with Crippen LogP contribution in [0.3, 0.4) is 0 Å². The molecule has 0 aromatic carbocycles. The van der Waals surface area contributed by atoms with Gasteiger partial charge in [-0.15, -0.1) is 0 Å². The minimum absolute atomic E-state index is 0.0702. The normalized spacial score (nSPS) is 23.6. The summed E-state index contributed by atoms with van der Waals surface area (Å²) in [7, 11) is -1.91. The molecule has 0 saturated carbocycles. The van der Waals surface area contributed by atoms with Crippen molar-refractivity contribution in [3.05, 3.63) is 36.3 Å². The van der Waals surface area contributed by atoms with Gasteiger partial charge in [-0.1, -0.05) is 0 Å². The van der Waals surface area contributed by atoms with Gasteiger partial charge in [0.25, 0.3) is 10.0 Å². The lowest BCUT2D eigenvalue weighted by molar-refractivity contribution is 0.379. The molecule has 0 N–H and O–H groups in total. The molecule has 2 aromatic rings. The molecule has 2 saturated heterocycles. The number of hydrogen-bond acceptors (Lipinski definition) is 6. The third-order valence-electron chi connectivity index (χ3n) is 5.01. The third kappa shape index (κ3) is 2.58. The Balaban J connectivity index is 1.57. The smallest absolute Gasteiger partial charge is 0.277 e. The molecule has 0 spiro atoms. The second-order valence-corrected chi connectivity index (χ2v) is 8.26. The van der Waals surface area contributed by atoms with Gasteiger partial charge in [-0.3, -0.25) is 0 Å². The summed E-state index contributed by atoms with van der Waals surface area (Å²) in [6, 6.07) is 5.54. The van der Waals surface area contributed by atoms with Crippen LogP contribution in [0.1, 0.15) is 12.0 Å². The molecule has 2 atom stereocenters. The van der Waals surface area contributed by atoms with Crippen molar-refractivity contribution in [2.45, 2.75) is 17.6 Å². The number of fused-ring (bicyclic) bond motifs is 1. The van der Waals surface area contributed by atoms with E-state index >= 15 is 0 Å². The van der Waals surface area contributed by atoms with Crippen molar-refractivity contribution in [3.63, 3.8) is 0 Å². The maximum atomic E-state index is 13.0. The molecule has 0 radical (unpaired) electrons. The Bertz CT molecular complexity index is 930. The van der Waals surface area contributed by atoms with E-state index in [0.717, 1.165) is 18.8 Å². The van der Waals surface area contributed by atoms with Gasteiger partial charge in [0.15, 0.2) is 0 Å². The first kappa shape index (κ1) is 16.1. The lowest BCUT2D eigenvalue weighted by atomic mass is 10.1. The second-order valence-electron chi connectivity index (χ2n) is 6.47. The van der Waals surface area contributed by atoms with E-state index in [1.165, 1.54) is 10.8 Å². The van der Waals surface area contributed by atoms with Crippen LogP contribution in [-0.4, -0.2) is 52.9 Å². The molecule has 130 valence electrons. The van der Waals surface area contributed by atoms with Gasteiger partial charge in [-0.25, -0.2) is 18.4 Å². The molecule has 4 heterocycles. The highest BCUT2D eigenvalue weighted by Gasteiger charge is 2.47. The Morgan fingerprint density at radius 3 is 2.76 bits per heavy atom. The average molecular weight is 358 g/mol. The van der Waals surface area contributed by atoms with Gasteiger partial charge in [0.1, 0.15) is 11.9 Å². The number of anilines is 1. The van der Waals surface area contributed by atoms with Crippen molar-refractivity contribution in [1.82, 2.24) is 18.8 Å². The van der Waals surface area contributed by atoms with Gasteiger partial charge >= 0.3 is 0 Å². The molecule has 2 fully saturated rings. The SMILES string of the molecule is Cn1ccnc1S(=O)(=O)N1CCC2CN(c3ccc(C#N)cn3)CC21. The van der Waals surface area contributed by atoms with Crippen molar-refractivity contribution >= 4 is 15.8 Å². The first-order valence-electron chi connectivity index (χ1n) is 8.11. The van der Waals surface area contributed by atoms with E-state index in [1.807, 2.05) is 6.07 Å². The molecule has 0 amide bonds. The molecule has 0 bridgehead atoms. The minimum atomic E-state index is -3.60. The van der Waals surface area contributed by atoms with Crippen LogP contribution >= 0.6 is 0 Å². The topological polar surface area (TPSA) is 95.1 Å². The highest BCUT2D eigenvalue weighted by Crippen LogP contribution is 2.36. The average Bonchev–Trinajstić information content (AvgIpc) is 3.29. The van der Waals surface area contributed by atoms with Crippen LogP contribution in [0.4, 0.5) is 5.82 Å². The monoisotopic (exact) mass is 358 g/mol. The zero-order valence-corrected chi connectivity index (χ0v) is 14.6. The standard InChI is InChI=1S/C16H18N6O2S/c1-20-7-5-18-16(20)25(23,24)22-6-4-13-10-21(11-14(13)22)15-3-2-12(8-17)9-19-15/h2-3,5,7,9,13-14H,4,6,10-11H2,1H3. The molecule has 8 nitrogen and oxygen atoms in total. The van der Waals surface area contributed by atoms with Crippen LogP contribution in [0.5, 0.6) is 0 Å². The second kappa shape index (κ2) is 5.82. The van der Waals surface area contributed by atoms with Crippen LogP contribution < -0.4 is 4.90 Å². The number of sulfonamides is 1. The first-order valence-corrected chi connectivity index (χ1v) is 9.55. The number of nitriles is 1. The van der Waals surface area contributed by atoms with Crippen LogP contribution in [-0.2, 0) is 17.1 Å². The molecular weight excluding hydrogens is 340 g/mol. The van der Waals surface area contributed by atoms with E-state index in [0.29, 0.717) is 18.7 Å². The molecule has 4 rings (SSSR count). The fourth-order valence-electron chi connectivity index (χ4n) is 3.75. The summed E-state index contributed by atoms with van der Waals surface area (Å²) >= 11 is 0. The zero-order chi connectivity index (χ0) is 17.6. The Hall–Kier alpha value is -2.44. The quantitative estimate of drug-likeness (QED) is 0.797. The van der Waals surface area contributed by atoms with Crippen LogP contribution in [0.25, 0.3) is 0 Å². The first-order chi connectivity index (χ1) is 12.0. The van der Waals surface area contributed by atoms with Gasteiger partial charge in [-0.05, 0) is 24.5 Å². The highest BCUT2D eigenvalue weighted by atomic mass is 32.2. The van der Waals surface area contributed by atoms with Gasteiger partial charge in [0.05, 0.1) is 5.56 Å². The summed E-state index contributed by atoms with van der Waals surface area (Å²) in [5.41, 5.74) is 0.516. The lowest BCUT2D eigenvalue weighted by Crippen LogP contribution is -2.40. The largest absolute Gasteiger partial charge is 0.355 e. The number of rotatable bonds is 3. The number of aryl methyl sites for hydroxylation is 1. The molecule has 0 aliphatic carbocycles. The number of pyridine rings is 1. The highest BCUT2D eigenvalue weighted by molar-refractivity contribution is 7.89. The zero-order valence-electron chi connectivity index (χ0n) is 13.8. The fourth-order valence-corrected chi connectivity index (χ4v) is 5.52. The Kier molecular flexibility index (Phi) is 3.74. The minimum Gasteiger partial charge on any atom is -0.355 e.